The van der Waals surface area contributed by atoms with Gasteiger partial charge >= 0.3 is 0 Å². The summed E-state index contributed by atoms with van der Waals surface area (Å²) in [5, 5.41) is 28.7. The highest BCUT2D eigenvalue weighted by molar-refractivity contribution is 5.75. The molecular formula is C15H20O6. The van der Waals surface area contributed by atoms with Crippen molar-refractivity contribution in [2.75, 3.05) is 6.61 Å². The second-order valence-corrected chi connectivity index (χ2v) is 5.21. The molecule has 116 valence electrons. The first-order valence-electron chi connectivity index (χ1n) is 6.88. The maximum Gasteiger partial charge on any atom is 0.228 e. The molecule has 1 heterocycles. The summed E-state index contributed by atoms with van der Waals surface area (Å²) in [7, 11) is 0. The van der Waals surface area contributed by atoms with E-state index in [1.54, 1.807) is 19.1 Å². The quantitative estimate of drug-likeness (QED) is 0.709. The van der Waals surface area contributed by atoms with Crippen LogP contribution in [0.15, 0.2) is 24.3 Å². The highest BCUT2D eigenvalue weighted by atomic mass is 16.7. The van der Waals surface area contributed by atoms with Crippen LogP contribution < -0.4 is 4.74 Å². The van der Waals surface area contributed by atoms with Gasteiger partial charge in [0.1, 0.15) is 29.8 Å². The van der Waals surface area contributed by atoms with E-state index >= 15 is 0 Å². The molecule has 0 bridgehead atoms. The number of hydrogen-bond acceptors (Lipinski definition) is 6. The predicted molar refractivity (Wildman–Crippen MR) is 73.8 cm³/mol. The number of ether oxygens (including phenoxy) is 2. The third-order valence-electron chi connectivity index (χ3n) is 3.40. The van der Waals surface area contributed by atoms with Gasteiger partial charge in [-0.2, -0.15) is 0 Å². The Morgan fingerprint density at radius 2 is 1.90 bits per heavy atom. The van der Waals surface area contributed by atoms with Crippen molar-refractivity contribution in [3.8, 4) is 5.75 Å². The van der Waals surface area contributed by atoms with Crippen LogP contribution in [0.3, 0.4) is 0 Å². The van der Waals surface area contributed by atoms with Gasteiger partial charge in [-0.25, -0.2) is 0 Å². The van der Waals surface area contributed by atoms with E-state index in [9.17, 15) is 20.1 Å². The Hall–Kier alpha value is -1.47. The first-order valence-corrected chi connectivity index (χ1v) is 6.88. The molecule has 2 rings (SSSR count). The molecule has 4 atom stereocenters. The molecule has 1 saturated heterocycles. The van der Waals surface area contributed by atoms with Gasteiger partial charge in [0.05, 0.1) is 6.61 Å². The fraction of sp³-hybridized carbons (Fsp3) is 0.533. The van der Waals surface area contributed by atoms with Crippen LogP contribution in [0.2, 0.25) is 0 Å². The van der Waals surface area contributed by atoms with E-state index in [1.165, 1.54) is 0 Å². The lowest BCUT2D eigenvalue weighted by molar-refractivity contribution is -0.242. The van der Waals surface area contributed by atoms with Crippen molar-refractivity contribution in [3.63, 3.8) is 0 Å². The standard InChI is InChI=1S/C15H20O6/c1-9(16)2-3-10-4-6-11(7-5-10)21-15-14(19)13(18)12(17)8-20-15/h4-7,12-15,17-19H,2-3,8H2,1H3/t12-,13+,14-,15+/m1/s1. The fourth-order valence-electron chi connectivity index (χ4n) is 2.07. The van der Waals surface area contributed by atoms with Crippen LogP contribution in [-0.4, -0.2) is 52.3 Å². The summed E-state index contributed by atoms with van der Waals surface area (Å²) < 4.78 is 10.6. The summed E-state index contributed by atoms with van der Waals surface area (Å²) in [5.41, 5.74) is 1.01. The van der Waals surface area contributed by atoms with Crippen molar-refractivity contribution in [1.29, 1.82) is 0 Å². The number of aryl methyl sites for hydroxylation is 1. The molecular weight excluding hydrogens is 276 g/mol. The van der Waals surface area contributed by atoms with Crippen molar-refractivity contribution in [1.82, 2.24) is 0 Å². The molecule has 0 spiro atoms. The van der Waals surface area contributed by atoms with Gasteiger partial charge in [0, 0.05) is 6.42 Å². The fourth-order valence-corrected chi connectivity index (χ4v) is 2.07. The molecule has 0 unspecified atom stereocenters. The number of hydrogen-bond donors (Lipinski definition) is 3. The minimum absolute atomic E-state index is 0.0976. The maximum atomic E-state index is 10.9. The summed E-state index contributed by atoms with van der Waals surface area (Å²) in [5.74, 6) is 0.621. The van der Waals surface area contributed by atoms with Crippen LogP contribution in [0.5, 0.6) is 5.75 Å². The summed E-state index contributed by atoms with van der Waals surface area (Å²) in [6.45, 7) is 1.46. The van der Waals surface area contributed by atoms with Crippen molar-refractivity contribution < 1.29 is 29.6 Å². The third-order valence-corrected chi connectivity index (χ3v) is 3.40. The molecule has 1 aliphatic heterocycles. The lowest BCUT2D eigenvalue weighted by atomic mass is 10.1. The van der Waals surface area contributed by atoms with Crippen molar-refractivity contribution in [2.24, 2.45) is 0 Å². The summed E-state index contributed by atoms with van der Waals surface area (Å²) in [6, 6.07) is 7.09. The van der Waals surface area contributed by atoms with E-state index in [1.807, 2.05) is 12.1 Å². The second kappa shape index (κ2) is 7.00. The zero-order valence-electron chi connectivity index (χ0n) is 11.8. The highest BCUT2D eigenvalue weighted by Crippen LogP contribution is 2.21. The molecule has 6 nitrogen and oxygen atoms in total. The molecule has 6 heteroatoms. The summed E-state index contributed by atoms with van der Waals surface area (Å²) in [6.07, 6.45) is -3.58. The van der Waals surface area contributed by atoms with Crippen molar-refractivity contribution in [2.45, 2.75) is 44.4 Å². The Bertz CT molecular complexity index is 472. The van der Waals surface area contributed by atoms with Crippen LogP contribution in [0, 0.1) is 0 Å². The van der Waals surface area contributed by atoms with Gasteiger partial charge in [0.25, 0.3) is 0 Å². The number of benzene rings is 1. The van der Waals surface area contributed by atoms with Crippen LogP contribution in [0.25, 0.3) is 0 Å². The van der Waals surface area contributed by atoms with Crippen LogP contribution >= 0.6 is 0 Å². The normalized spacial score (nSPS) is 29.1. The Labute approximate surface area is 122 Å². The molecule has 0 amide bonds. The molecule has 21 heavy (non-hydrogen) atoms. The molecule has 1 fully saturated rings. The molecule has 1 aromatic carbocycles. The van der Waals surface area contributed by atoms with E-state index in [4.69, 9.17) is 9.47 Å². The largest absolute Gasteiger partial charge is 0.462 e. The lowest BCUT2D eigenvalue weighted by Gasteiger charge is -2.34. The van der Waals surface area contributed by atoms with E-state index in [0.29, 0.717) is 18.6 Å². The Kier molecular flexibility index (Phi) is 5.30. The Morgan fingerprint density at radius 3 is 2.52 bits per heavy atom. The summed E-state index contributed by atoms with van der Waals surface area (Å²) >= 11 is 0. The van der Waals surface area contributed by atoms with Crippen LogP contribution in [-0.2, 0) is 16.0 Å². The monoisotopic (exact) mass is 296 g/mol. The Morgan fingerprint density at radius 1 is 1.24 bits per heavy atom. The topological polar surface area (TPSA) is 96.2 Å². The number of aliphatic hydroxyl groups is 3. The van der Waals surface area contributed by atoms with Crippen LogP contribution in [0.4, 0.5) is 0 Å². The number of carbonyl (C=O) groups excluding carboxylic acids is 1. The van der Waals surface area contributed by atoms with Crippen molar-refractivity contribution >= 4 is 5.78 Å². The predicted octanol–water partition coefficient (Wildman–Crippen LogP) is 0.0260. The maximum absolute atomic E-state index is 10.9. The molecule has 0 aromatic heterocycles. The zero-order valence-corrected chi connectivity index (χ0v) is 11.8. The SMILES string of the molecule is CC(=O)CCc1ccc(O[C@@H]2OC[C@@H](O)[C@H](O)[C@H]2O)cc1. The highest BCUT2D eigenvalue weighted by Gasteiger charge is 2.38. The average Bonchev–Trinajstić information content (AvgIpc) is 2.47. The molecule has 1 aromatic rings. The molecule has 0 saturated carbocycles. The van der Waals surface area contributed by atoms with E-state index in [2.05, 4.69) is 0 Å². The van der Waals surface area contributed by atoms with Gasteiger partial charge in [-0.15, -0.1) is 0 Å². The molecule has 0 radical (unpaired) electrons. The van der Waals surface area contributed by atoms with E-state index in [0.717, 1.165) is 5.56 Å². The van der Waals surface area contributed by atoms with Gasteiger partial charge in [0.15, 0.2) is 0 Å². The molecule has 1 aliphatic rings. The van der Waals surface area contributed by atoms with Gasteiger partial charge in [-0.3, -0.25) is 0 Å². The van der Waals surface area contributed by atoms with Gasteiger partial charge in [-0.05, 0) is 31.0 Å². The minimum Gasteiger partial charge on any atom is -0.462 e. The first-order chi connectivity index (χ1) is 9.97. The molecule has 0 aliphatic carbocycles. The number of ketones is 1. The first kappa shape index (κ1) is 15.9. The minimum atomic E-state index is -1.31. The number of Topliss-reactive ketones (excluding diaryl/α,β-unsaturated/α-hetero) is 1. The van der Waals surface area contributed by atoms with Gasteiger partial charge < -0.3 is 29.6 Å². The van der Waals surface area contributed by atoms with Crippen LogP contribution in [0.1, 0.15) is 18.9 Å². The Balaban J connectivity index is 1.92. The third kappa shape index (κ3) is 4.25. The van der Waals surface area contributed by atoms with E-state index < -0.39 is 24.6 Å². The average molecular weight is 296 g/mol. The number of rotatable bonds is 5. The van der Waals surface area contributed by atoms with Gasteiger partial charge in [-0.1, -0.05) is 12.1 Å². The number of carbonyl (C=O) groups is 1. The smallest absolute Gasteiger partial charge is 0.228 e. The lowest BCUT2D eigenvalue weighted by Crippen LogP contribution is -2.54. The molecule has 3 N–H and O–H groups in total. The van der Waals surface area contributed by atoms with E-state index in [-0.39, 0.29) is 12.4 Å². The van der Waals surface area contributed by atoms with Gasteiger partial charge in [0.2, 0.25) is 6.29 Å². The van der Waals surface area contributed by atoms with Crippen molar-refractivity contribution in [3.05, 3.63) is 29.8 Å². The number of aliphatic hydroxyl groups excluding tert-OH is 3. The second-order valence-electron chi connectivity index (χ2n) is 5.21. The zero-order chi connectivity index (χ0) is 15.4. The summed E-state index contributed by atoms with van der Waals surface area (Å²) in [4.78, 5) is 10.9.